The second-order valence-electron chi connectivity index (χ2n) is 5.76. The zero-order chi connectivity index (χ0) is 14.8. The molecule has 1 heterocycles. The first kappa shape index (κ1) is 14.4. The third kappa shape index (κ3) is 3.22. The number of rotatable bonds is 4. The zero-order valence-electron chi connectivity index (χ0n) is 12.4. The van der Waals surface area contributed by atoms with Gasteiger partial charge in [-0.25, -0.2) is 0 Å². The van der Waals surface area contributed by atoms with Crippen molar-refractivity contribution in [3.63, 3.8) is 0 Å². The molecule has 3 heteroatoms. The Morgan fingerprint density at radius 3 is 2.86 bits per heavy atom. The predicted molar refractivity (Wildman–Crippen MR) is 88.1 cm³/mol. The minimum absolute atomic E-state index is 0.460. The Morgan fingerprint density at radius 1 is 1.19 bits per heavy atom. The van der Waals surface area contributed by atoms with Crippen LogP contribution in [-0.2, 0) is 13.0 Å². The van der Waals surface area contributed by atoms with Crippen LogP contribution in [0, 0.1) is 0 Å². The molecule has 1 aliphatic heterocycles. The standard InChI is InChI=1S/C18H20ClNO/c1-12(2)20-11-15-3-5-16(19)10-17(15)13-4-6-18-14(9-13)7-8-21-18/h3-6,9-10,12,20H,7-8,11H2,1-2H3. The van der Waals surface area contributed by atoms with Gasteiger partial charge in [0.2, 0.25) is 0 Å². The molecule has 0 saturated heterocycles. The maximum Gasteiger partial charge on any atom is 0.122 e. The van der Waals surface area contributed by atoms with Gasteiger partial charge in [0.15, 0.2) is 0 Å². The molecule has 0 atom stereocenters. The highest BCUT2D eigenvalue weighted by atomic mass is 35.5. The molecule has 110 valence electrons. The zero-order valence-corrected chi connectivity index (χ0v) is 13.2. The third-order valence-corrected chi connectivity index (χ3v) is 4.01. The van der Waals surface area contributed by atoms with Crippen LogP contribution in [0.5, 0.6) is 5.75 Å². The second kappa shape index (κ2) is 6.08. The van der Waals surface area contributed by atoms with Gasteiger partial charge in [-0.15, -0.1) is 0 Å². The summed E-state index contributed by atoms with van der Waals surface area (Å²) in [5.74, 6) is 1.02. The van der Waals surface area contributed by atoms with Crippen LogP contribution in [0.25, 0.3) is 11.1 Å². The van der Waals surface area contributed by atoms with Gasteiger partial charge in [0, 0.05) is 24.0 Å². The molecule has 0 bridgehead atoms. The van der Waals surface area contributed by atoms with Crippen LogP contribution in [0.3, 0.4) is 0 Å². The fraction of sp³-hybridized carbons (Fsp3) is 0.333. The van der Waals surface area contributed by atoms with Gasteiger partial charge in [-0.1, -0.05) is 37.6 Å². The van der Waals surface area contributed by atoms with Crippen molar-refractivity contribution < 1.29 is 4.74 Å². The highest BCUT2D eigenvalue weighted by Crippen LogP contribution is 2.33. The van der Waals surface area contributed by atoms with Crippen LogP contribution in [0.4, 0.5) is 0 Å². The molecule has 0 spiro atoms. The maximum atomic E-state index is 6.20. The molecule has 0 fully saturated rings. The Bertz CT molecular complexity index is 652. The fourth-order valence-corrected chi connectivity index (χ4v) is 2.81. The van der Waals surface area contributed by atoms with Crippen LogP contribution in [0.15, 0.2) is 36.4 Å². The molecule has 1 aliphatic rings. The molecule has 1 N–H and O–H groups in total. The van der Waals surface area contributed by atoms with E-state index in [0.29, 0.717) is 6.04 Å². The van der Waals surface area contributed by atoms with Crippen molar-refractivity contribution in [3.8, 4) is 16.9 Å². The number of hydrogen-bond acceptors (Lipinski definition) is 2. The maximum absolute atomic E-state index is 6.20. The molecule has 0 radical (unpaired) electrons. The first-order chi connectivity index (χ1) is 10.1. The summed E-state index contributed by atoms with van der Waals surface area (Å²) >= 11 is 6.20. The average molecular weight is 302 g/mol. The quantitative estimate of drug-likeness (QED) is 0.901. The lowest BCUT2D eigenvalue weighted by Gasteiger charge is -2.14. The normalized spacial score (nSPS) is 13.3. The predicted octanol–water partition coefficient (Wildman–Crippen LogP) is 4.44. The monoisotopic (exact) mass is 301 g/mol. The van der Waals surface area contributed by atoms with Crippen molar-refractivity contribution in [2.45, 2.75) is 32.9 Å². The average Bonchev–Trinajstić information content (AvgIpc) is 2.93. The molecular formula is C18H20ClNO. The minimum atomic E-state index is 0.460. The molecule has 2 aromatic rings. The number of ether oxygens (including phenoxy) is 1. The van der Waals surface area contributed by atoms with E-state index >= 15 is 0 Å². The summed E-state index contributed by atoms with van der Waals surface area (Å²) in [5, 5.41) is 4.25. The minimum Gasteiger partial charge on any atom is -0.493 e. The topological polar surface area (TPSA) is 21.3 Å². The Labute approximate surface area is 131 Å². The van der Waals surface area contributed by atoms with E-state index in [-0.39, 0.29) is 0 Å². The molecule has 0 aromatic heterocycles. The van der Waals surface area contributed by atoms with Crippen molar-refractivity contribution in [1.29, 1.82) is 0 Å². The lowest BCUT2D eigenvalue weighted by molar-refractivity contribution is 0.357. The van der Waals surface area contributed by atoms with E-state index < -0.39 is 0 Å². The number of hydrogen-bond donors (Lipinski definition) is 1. The van der Waals surface area contributed by atoms with Gasteiger partial charge in [-0.3, -0.25) is 0 Å². The van der Waals surface area contributed by atoms with E-state index in [4.69, 9.17) is 16.3 Å². The summed E-state index contributed by atoms with van der Waals surface area (Å²) in [5.41, 5.74) is 4.97. The van der Waals surface area contributed by atoms with Crippen molar-refractivity contribution in [1.82, 2.24) is 5.32 Å². The van der Waals surface area contributed by atoms with E-state index in [9.17, 15) is 0 Å². The second-order valence-corrected chi connectivity index (χ2v) is 6.19. The summed E-state index contributed by atoms with van der Waals surface area (Å²) in [6.07, 6.45) is 0.989. The Morgan fingerprint density at radius 2 is 2.05 bits per heavy atom. The van der Waals surface area contributed by atoms with Crippen LogP contribution in [-0.4, -0.2) is 12.6 Å². The molecule has 0 amide bonds. The molecule has 3 rings (SSSR count). The van der Waals surface area contributed by atoms with E-state index in [1.54, 1.807) is 0 Å². The first-order valence-corrected chi connectivity index (χ1v) is 7.79. The fourth-order valence-electron chi connectivity index (χ4n) is 2.64. The Kier molecular flexibility index (Phi) is 4.18. The van der Waals surface area contributed by atoms with Gasteiger partial charge in [-0.05, 0) is 46.5 Å². The van der Waals surface area contributed by atoms with Crippen molar-refractivity contribution in [3.05, 3.63) is 52.5 Å². The molecule has 21 heavy (non-hydrogen) atoms. The molecular weight excluding hydrogens is 282 g/mol. The highest BCUT2D eigenvalue weighted by Gasteiger charge is 2.14. The van der Waals surface area contributed by atoms with E-state index in [2.05, 4.69) is 49.5 Å². The Hall–Kier alpha value is -1.51. The number of halogens is 1. The van der Waals surface area contributed by atoms with Crippen molar-refractivity contribution in [2.75, 3.05) is 6.61 Å². The smallest absolute Gasteiger partial charge is 0.122 e. The molecule has 0 saturated carbocycles. The van der Waals surface area contributed by atoms with Crippen LogP contribution in [0.1, 0.15) is 25.0 Å². The van der Waals surface area contributed by atoms with Crippen LogP contribution < -0.4 is 10.1 Å². The first-order valence-electron chi connectivity index (χ1n) is 7.41. The summed E-state index contributed by atoms with van der Waals surface area (Å²) in [6.45, 7) is 5.94. The lowest BCUT2D eigenvalue weighted by atomic mass is 9.97. The van der Waals surface area contributed by atoms with Gasteiger partial charge < -0.3 is 10.1 Å². The number of nitrogens with one attached hydrogen (secondary N) is 1. The SMILES string of the molecule is CC(C)NCc1ccc(Cl)cc1-c1ccc2c(c1)CCO2. The van der Waals surface area contributed by atoms with E-state index in [0.717, 1.165) is 30.3 Å². The lowest BCUT2D eigenvalue weighted by Crippen LogP contribution is -2.22. The highest BCUT2D eigenvalue weighted by molar-refractivity contribution is 6.30. The van der Waals surface area contributed by atoms with E-state index in [1.807, 2.05) is 6.07 Å². The number of fused-ring (bicyclic) bond motifs is 1. The summed E-state index contributed by atoms with van der Waals surface area (Å²) in [4.78, 5) is 0. The Balaban J connectivity index is 1.98. The van der Waals surface area contributed by atoms with Crippen molar-refractivity contribution in [2.24, 2.45) is 0 Å². The van der Waals surface area contributed by atoms with Gasteiger partial charge in [0.25, 0.3) is 0 Å². The molecule has 0 unspecified atom stereocenters. The van der Waals surface area contributed by atoms with Gasteiger partial charge in [-0.2, -0.15) is 0 Å². The third-order valence-electron chi connectivity index (χ3n) is 3.77. The van der Waals surface area contributed by atoms with Gasteiger partial charge >= 0.3 is 0 Å². The number of benzene rings is 2. The van der Waals surface area contributed by atoms with Gasteiger partial charge in [0.1, 0.15) is 5.75 Å². The summed E-state index contributed by atoms with van der Waals surface area (Å²) in [6, 6.07) is 13.0. The van der Waals surface area contributed by atoms with Gasteiger partial charge in [0.05, 0.1) is 6.61 Å². The summed E-state index contributed by atoms with van der Waals surface area (Å²) < 4.78 is 5.58. The molecule has 2 aromatic carbocycles. The largest absolute Gasteiger partial charge is 0.493 e. The van der Waals surface area contributed by atoms with Crippen LogP contribution >= 0.6 is 11.6 Å². The summed E-state index contributed by atoms with van der Waals surface area (Å²) in [7, 11) is 0. The molecule has 2 nitrogen and oxygen atoms in total. The molecule has 0 aliphatic carbocycles. The van der Waals surface area contributed by atoms with Crippen LogP contribution in [0.2, 0.25) is 5.02 Å². The van der Waals surface area contributed by atoms with Crippen molar-refractivity contribution >= 4 is 11.6 Å². The van der Waals surface area contributed by atoms with E-state index in [1.165, 1.54) is 22.3 Å².